The number of amides is 1. The maximum atomic E-state index is 13.6. The normalized spacial score (nSPS) is 16.1. The number of hydrogen-bond donors (Lipinski definition) is 0. The predicted molar refractivity (Wildman–Crippen MR) is 107 cm³/mol. The van der Waals surface area contributed by atoms with Gasteiger partial charge in [0.2, 0.25) is 5.91 Å². The third kappa shape index (κ3) is 3.80. The average Bonchev–Trinajstić information content (AvgIpc) is 3.14. The van der Waals surface area contributed by atoms with Crippen LogP contribution in [0.15, 0.2) is 54.9 Å². The molecule has 2 heterocycles. The molecule has 2 aromatic carbocycles. The van der Waals surface area contributed by atoms with Crippen molar-refractivity contribution in [2.24, 2.45) is 7.05 Å². The SMILES string of the molecule is Cn1cc([C@@H]2CN(C(=O)CCc3ccc(Cl)c(F)c3)Cc3ccccc32)cn1. The summed E-state index contributed by atoms with van der Waals surface area (Å²) < 4.78 is 15.4. The number of fused-ring (bicyclic) bond motifs is 1. The van der Waals surface area contributed by atoms with Gasteiger partial charge >= 0.3 is 0 Å². The summed E-state index contributed by atoms with van der Waals surface area (Å²) in [6.45, 7) is 1.22. The Morgan fingerprint density at radius 1 is 1.29 bits per heavy atom. The molecule has 0 aliphatic carbocycles. The van der Waals surface area contributed by atoms with Crippen LogP contribution in [0.4, 0.5) is 4.39 Å². The van der Waals surface area contributed by atoms with Crippen LogP contribution in [0.3, 0.4) is 0 Å². The summed E-state index contributed by atoms with van der Waals surface area (Å²) in [5, 5.41) is 4.39. The van der Waals surface area contributed by atoms with E-state index in [9.17, 15) is 9.18 Å². The first-order chi connectivity index (χ1) is 13.5. The molecule has 6 heteroatoms. The van der Waals surface area contributed by atoms with Crippen molar-refractivity contribution >= 4 is 17.5 Å². The molecule has 1 atom stereocenters. The summed E-state index contributed by atoms with van der Waals surface area (Å²) in [6.07, 6.45) is 4.70. The van der Waals surface area contributed by atoms with E-state index in [-0.39, 0.29) is 16.8 Å². The second kappa shape index (κ2) is 7.76. The van der Waals surface area contributed by atoms with Crippen LogP contribution >= 0.6 is 11.6 Å². The van der Waals surface area contributed by atoms with Crippen molar-refractivity contribution in [2.75, 3.05) is 6.54 Å². The second-order valence-corrected chi connectivity index (χ2v) is 7.63. The van der Waals surface area contributed by atoms with Gasteiger partial charge < -0.3 is 4.90 Å². The Morgan fingerprint density at radius 2 is 2.11 bits per heavy atom. The van der Waals surface area contributed by atoms with Gasteiger partial charge in [0, 0.05) is 38.7 Å². The van der Waals surface area contributed by atoms with E-state index in [2.05, 4.69) is 17.2 Å². The summed E-state index contributed by atoms with van der Waals surface area (Å²) in [4.78, 5) is 14.8. The third-order valence-electron chi connectivity index (χ3n) is 5.29. The molecular weight excluding hydrogens is 377 g/mol. The van der Waals surface area contributed by atoms with E-state index in [0.717, 1.165) is 16.7 Å². The molecule has 4 rings (SSSR count). The molecule has 0 spiro atoms. The number of rotatable bonds is 4. The minimum absolute atomic E-state index is 0.0683. The smallest absolute Gasteiger partial charge is 0.223 e. The number of aromatic nitrogens is 2. The fourth-order valence-corrected chi connectivity index (χ4v) is 3.92. The number of nitrogens with zero attached hydrogens (tertiary/aromatic N) is 3. The van der Waals surface area contributed by atoms with Crippen molar-refractivity contribution in [2.45, 2.75) is 25.3 Å². The number of benzene rings is 2. The molecule has 1 aromatic heterocycles. The van der Waals surface area contributed by atoms with Crippen molar-refractivity contribution in [3.63, 3.8) is 0 Å². The average molecular weight is 398 g/mol. The van der Waals surface area contributed by atoms with Gasteiger partial charge in [-0.05, 0) is 40.8 Å². The van der Waals surface area contributed by atoms with E-state index in [1.165, 1.54) is 17.7 Å². The number of hydrogen-bond acceptors (Lipinski definition) is 2. The summed E-state index contributed by atoms with van der Waals surface area (Å²) in [5.74, 6) is -0.274. The first-order valence-electron chi connectivity index (χ1n) is 9.29. The van der Waals surface area contributed by atoms with E-state index in [0.29, 0.717) is 25.9 Å². The van der Waals surface area contributed by atoms with Crippen LogP contribution in [0.25, 0.3) is 0 Å². The van der Waals surface area contributed by atoms with E-state index in [4.69, 9.17) is 11.6 Å². The zero-order chi connectivity index (χ0) is 19.7. The predicted octanol–water partition coefficient (Wildman–Crippen LogP) is 4.32. The summed E-state index contributed by atoms with van der Waals surface area (Å²) in [6, 6.07) is 12.9. The molecule has 0 fully saturated rings. The topological polar surface area (TPSA) is 38.1 Å². The lowest BCUT2D eigenvalue weighted by Crippen LogP contribution is -2.38. The lowest BCUT2D eigenvalue weighted by Gasteiger charge is -2.34. The molecule has 1 aliphatic heterocycles. The first kappa shape index (κ1) is 18.7. The van der Waals surface area contributed by atoms with Gasteiger partial charge in [0.25, 0.3) is 0 Å². The molecule has 1 aliphatic rings. The van der Waals surface area contributed by atoms with Gasteiger partial charge in [-0.3, -0.25) is 9.48 Å². The van der Waals surface area contributed by atoms with Gasteiger partial charge in [0.1, 0.15) is 5.82 Å². The van der Waals surface area contributed by atoms with Gasteiger partial charge in [-0.25, -0.2) is 4.39 Å². The highest BCUT2D eigenvalue weighted by Crippen LogP contribution is 2.33. The Hall–Kier alpha value is -2.66. The van der Waals surface area contributed by atoms with Gasteiger partial charge in [-0.2, -0.15) is 5.10 Å². The highest BCUT2D eigenvalue weighted by atomic mass is 35.5. The van der Waals surface area contributed by atoms with Crippen molar-refractivity contribution in [3.8, 4) is 0 Å². The Bertz CT molecular complexity index is 1020. The second-order valence-electron chi connectivity index (χ2n) is 7.22. The molecule has 0 saturated carbocycles. The first-order valence-corrected chi connectivity index (χ1v) is 9.67. The number of carbonyl (C=O) groups is 1. The molecule has 1 amide bonds. The van der Waals surface area contributed by atoms with E-state index >= 15 is 0 Å². The standard InChI is InChI=1S/C22H21ClFN3O/c1-26-12-17(11-25-26)19-14-27(13-16-4-2-3-5-18(16)19)22(28)9-7-15-6-8-20(23)21(24)10-15/h2-6,8,10-12,19H,7,9,13-14H2,1H3/t19-/m0/s1. The number of carbonyl (C=O) groups excluding carboxylic acids is 1. The van der Waals surface area contributed by atoms with Crippen molar-refractivity contribution in [3.05, 3.63) is 88.0 Å². The van der Waals surface area contributed by atoms with Crippen LogP contribution in [0.5, 0.6) is 0 Å². The zero-order valence-corrected chi connectivity index (χ0v) is 16.4. The maximum absolute atomic E-state index is 13.6. The molecule has 3 aromatic rings. The lowest BCUT2D eigenvalue weighted by molar-refractivity contribution is -0.132. The Labute approximate surface area is 168 Å². The quantitative estimate of drug-likeness (QED) is 0.657. The molecule has 0 unspecified atom stereocenters. The van der Waals surface area contributed by atoms with Crippen molar-refractivity contribution < 1.29 is 9.18 Å². The lowest BCUT2D eigenvalue weighted by atomic mass is 9.86. The Kier molecular flexibility index (Phi) is 5.18. The van der Waals surface area contributed by atoms with E-state index in [1.807, 2.05) is 36.5 Å². The van der Waals surface area contributed by atoms with Gasteiger partial charge in [0.05, 0.1) is 11.2 Å². The fraction of sp³-hybridized carbons (Fsp3) is 0.273. The summed E-state index contributed by atoms with van der Waals surface area (Å²) >= 11 is 5.73. The van der Waals surface area contributed by atoms with E-state index in [1.54, 1.807) is 10.7 Å². The zero-order valence-electron chi connectivity index (χ0n) is 15.6. The highest BCUT2D eigenvalue weighted by Gasteiger charge is 2.29. The van der Waals surface area contributed by atoms with E-state index < -0.39 is 5.82 Å². The number of halogens is 2. The number of aryl methyl sites for hydroxylation is 2. The monoisotopic (exact) mass is 397 g/mol. The largest absolute Gasteiger partial charge is 0.337 e. The molecule has 0 N–H and O–H groups in total. The Balaban J connectivity index is 1.51. The molecule has 144 valence electrons. The van der Waals surface area contributed by atoms with Gasteiger partial charge in [-0.1, -0.05) is 41.9 Å². The van der Waals surface area contributed by atoms with Crippen LogP contribution < -0.4 is 0 Å². The van der Waals surface area contributed by atoms with Crippen molar-refractivity contribution in [1.82, 2.24) is 14.7 Å². The minimum atomic E-state index is -0.449. The van der Waals surface area contributed by atoms with Crippen molar-refractivity contribution in [1.29, 1.82) is 0 Å². The van der Waals surface area contributed by atoms with Crippen LogP contribution in [0, 0.1) is 5.82 Å². The Morgan fingerprint density at radius 3 is 2.86 bits per heavy atom. The van der Waals surface area contributed by atoms with Crippen LogP contribution in [-0.2, 0) is 24.8 Å². The maximum Gasteiger partial charge on any atom is 0.223 e. The van der Waals surface area contributed by atoms with Gasteiger partial charge in [0.15, 0.2) is 0 Å². The fourth-order valence-electron chi connectivity index (χ4n) is 3.81. The summed E-state index contributed by atoms with van der Waals surface area (Å²) in [7, 11) is 1.90. The van der Waals surface area contributed by atoms with Crippen LogP contribution in [0.2, 0.25) is 5.02 Å². The third-order valence-corrected chi connectivity index (χ3v) is 5.59. The molecule has 0 bridgehead atoms. The van der Waals surface area contributed by atoms with Crippen LogP contribution in [0.1, 0.15) is 34.6 Å². The molecular formula is C22H21ClFN3O. The molecule has 4 nitrogen and oxygen atoms in total. The van der Waals surface area contributed by atoms with Gasteiger partial charge in [-0.15, -0.1) is 0 Å². The molecule has 0 radical (unpaired) electrons. The highest BCUT2D eigenvalue weighted by molar-refractivity contribution is 6.30. The minimum Gasteiger partial charge on any atom is -0.337 e. The van der Waals surface area contributed by atoms with Crippen LogP contribution in [-0.4, -0.2) is 27.1 Å². The molecule has 0 saturated heterocycles. The summed E-state index contributed by atoms with van der Waals surface area (Å²) in [5.41, 5.74) is 4.29. The molecule has 28 heavy (non-hydrogen) atoms.